The summed E-state index contributed by atoms with van der Waals surface area (Å²) in [5, 5.41) is 19.8. The zero-order chi connectivity index (χ0) is 16.6. The number of rotatable bonds is 10. The summed E-state index contributed by atoms with van der Waals surface area (Å²) in [6, 6.07) is 0. The number of allylic oxidation sites excluding steroid dienone is 2. The maximum absolute atomic E-state index is 12.1. The van der Waals surface area contributed by atoms with Crippen molar-refractivity contribution in [2.24, 2.45) is 10.8 Å². The van der Waals surface area contributed by atoms with Crippen LogP contribution < -0.4 is 0 Å². The highest BCUT2D eigenvalue weighted by Crippen LogP contribution is 2.54. The van der Waals surface area contributed by atoms with Crippen LogP contribution >= 0.6 is 0 Å². The van der Waals surface area contributed by atoms with Gasteiger partial charge in [0.1, 0.15) is 0 Å². The normalized spacial score (nSPS) is 27.7. The van der Waals surface area contributed by atoms with Gasteiger partial charge in [-0.2, -0.15) is 0 Å². The van der Waals surface area contributed by atoms with Crippen molar-refractivity contribution in [2.45, 2.75) is 78.1 Å². The number of carbonyl (C=O) groups is 2. The van der Waals surface area contributed by atoms with Gasteiger partial charge >= 0.3 is 11.9 Å². The third kappa shape index (κ3) is 3.53. The van der Waals surface area contributed by atoms with Gasteiger partial charge in [-0.3, -0.25) is 9.59 Å². The van der Waals surface area contributed by atoms with E-state index in [0.717, 1.165) is 32.1 Å². The number of carboxylic acid groups (broad SMARTS) is 2. The minimum Gasteiger partial charge on any atom is -0.481 e. The molecule has 0 heterocycles. The van der Waals surface area contributed by atoms with E-state index in [1.165, 1.54) is 0 Å². The molecule has 2 unspecified atom stereocenters. The molecule has 1 rings (SSSR count). The van der Waals surface area contributed by atoms with E-state index in [2.05, 4.69) is 6.92 Å². The molecule has 0 bridgehead atoms. The molecule has 22 heavy (non-hydrogen) atoms. The van der Waals surface area contributed by atoms with Crippen LogP contribution in [0.15, 0.2) is 12.2 Å². The Morgan fingerprint density at radius 1 is 0.818 bits per heavy atom. The van der Waals surface area contributed by atoms with Crippen LogP contribution in [0.3, 0.4) is 0 Å². The number of hydrogen-bond acceptors (Lipinski definition) is 2. The molecule has 0 aromatic heterocycles. The van der Waals surface area contributed by atoms with Crippen molar-refractivity contribution in [1.29, 1.82) is 0 Å². The second-order valence-electron chi connectivity index (χ2n) is 6.57. The largest absolute Gasteiger partial charge is 0.481 e. The lowest BCUT2D eigenvalue weighted by atomic mass is 9.54. The highest BCUT2D eigenvalue weighted by molar-refractivity contribution is 5.87. The van der Waals surface area contributed by atoms with E-state index in [4.69, 9.17) is 0 Å². The molecule has 0 aromatic carbocycles. The minimum atomic E-state index is -1.16. The first-order chi connectivity index (χ1) is 10.5. The first kappa shape index (κ1) is 18.7. The molecule has 126 valence electrons. The smallest absolute Gasteiger partial charge is 0.311 e. The fourth-order valence-corrected chi connectivity index (χ4v) is 3.90. The lowest BCUT2D eigenvalue weighted by molar-refractivity contribution is -0.177. The molecule has 0 saturated heterocycles. The summed E-state index contributed by atoms with van der Waals surface area (Å²) in [4.78, 5) is 24.1. The lowest BCUT2D eigenvalue weighted by Gasteiger charge is -2.46. The van der Waals surface area contributed by atoms with Crippen molar-refractivity contribution in [1.82, 2.24) is 0 Å². The summed E-state index contributed by atoms with van der Waals surface area (Å²) in [7, 11) is 0. The maximum Gasteiger partial charge on any atom is 0.311 e. The Balaban J connectivity index is 3.02. The molecule has 0 amide bonds. The zero-order valence-electron chi connectivity index (χ0n) is 13.9. The van der Waals surface area contributed by atoms with Gasteiger partial charge in [0.2, 0.25) is 0 Å². The van der Waals surface area contributed by atoms with Crippen LogP contribution in [0.2, 0.25) is 0 Å². The molecule has 0 radical (unpaired) electrons. The standard InChI is InChI=1S/C18H30O4/c1-3-5-6-7-8-12-18(16(21)22)14-10-9-13-17(18,11-4-2)15(19)20/h9-10H,3-8,11-14H2,1-2H3,(H,19,20)(H,21,22). The van der Waals surface area contributed by atoms with Crippen LogP contribution in [0.5, 0.6) is 0 Å². The van der Waals surface area contributed by atoms with Gasteiger partial charge < -0.3 is 10.2 Å². The van der Waals surface area contributed by atoms with Crippen molar-refractivity contribution in [3.63, 3.8) is 0 Å². The molecule has 4 heteroatoms. The minimum absolute atomic E-state index is 0.331. The number of carboxylic acids is 2. The van der Waals surface area contributed by atoms with Crippen molar-refractivity contribution in [2.75, 3.05) is 0 Å². The molecule has 0 aliphatic heterocycles. The van der Waals surface area contributed by atoms with Crippen LogP contribution in [-0.4, -0.2) is 22.2 Å². The number of unbranched alkanes of at least 4 members (excludes halogenated alkanes) is 4. The van der Waals surface area contributed by atoms with Crippen molar-refractivity contribution < 1.29 is 19.8 Å². The van der Waals surface area contributed by atoms with E-state index in [0.29, 0.717) is 32.1 Å². The zero-order valence-corrected chi connectivity index (χ0v) is 13.9. The van der Waals surface area contributed by atoms with Gasteiger partial charge in [-0.15, -0.1) is 0 Å². The van der Waals surface area contributed by atoms with Crippen LogP contribution in [0.4, 0.5) is 0 Å². The van der Waals surface area contributed by atoms with E-state index < -0.39 is 22.8 Å². The fourth-order valence-electron chi connectivity index (χ4n) is 3.90. The summed E-state index contributed by atoms with van der Waals surface area (Å²) in [6.45, 7) is 4.07. The summed E-state index contributed by atoms with van der Waals surface area (Å²) < 4.78 is 0. The molecule has 0 spiro atoms. The van der Waals surface area contributed by atoms with Gasteiger partial charge in [-0.25, -0.2) is 0 Å². The molecular weight excluding hydrogens is 280 g/mol. The highest BCUT2D eigenvalue weighted by Gasteiger charge is 2.60. The van der Waals surface area contributed by atoms with E-state index in [-0.39, 0.29) is 0 Å². The molecule has 2 N–H and O–H groups in total. The Labute approximate surface area is 133 Å². The van der Waals surface area contributed by atoms with Gasteiger partial charge in [-0.1, -0.05) is 64.5 Å². The average molecular weight is 310 g/mol. The van der Waals surface area contributed by atoms with E-state index in [1.807, 2.05) is 19.1 Å². The molecule has 0 saturated carbocycles. The Morgan fingerprint density at radius 3 is 1.77 bits per heavy atom. The van der Waals surface area contributed by atoms with E-state index in [1.54, 1.807) is 0 Å². The average Bonchev–Trinajstić information content (AvgIpc) is 2.48. The Hall–Kier alpha value is -1.32. The summed E-state index contributed by atoms with van der Waals surface area (Å²) in [5.41, 5.74) is -2.32. The van der Waals surface area contributed by atoms with Crippen LogP contribution in [-0.2, 0) is 9.59 Å². The predicted octanol–water partition coefficient (Wildman–Crippen LogP) is 4.64. The predicted molar refractivity (Wildman–Crippen MR) is 86.8 cm³/mol. The van der Waals surface area contributed by atoms with Crippen LogP contribution in [0.25, 0.3) is 0 Å². The SMILES string of the molecule is CCCCCCCC1(C(=O)O)CC=CCC1(CCC)C(=O)O. The fraction of sp³-hybridized carbons (Fsp3) is 0.778. The Bertz CT molecular complexity index is 415. The monoisotopic (exact) mass is 310 g/mol. The molecule has 0 aromatic rings. The third-order valence-corrected chi connectivity index (χ3v) is 5.22. The van der Waals surface area contributed by atoms with E-state index >= 15 is 0 Å². The van der Waals surface area contributed by atoms with Crippen molar-refractivity contribution in [3.8, 4) is 0 Å². The van der Waals surface area contributed by atoms with E-state index in [9.17, 15) is 19.8 Å². The Kier molecular flexibility index (Phi) is 7.11. The second-order valence-corrected chi connectivity index (χ2v) is 6.57. The first-order valence-corrected chi connectivity index (χ1v) is 8.58. The van der Waals surface area contributed by atoms with Gasteiger partial charge in [-0.05, 0) is 25.7 Å². The summed E-state index contributed by atoms with van der Waals surface area (Å²) in [6.07, 6.45) is 11.1. The molecular formula is C18H30O4. The molecule has 2 atom stereocenters. The molecule has 4 nitrogen and oxygen atoms in total. The lowest BCUT2D eigenvalue weighted by Crippen LogP contribution is -2.53. The van der Waals surface area contributed by atoms with Crippen molar-refractivity contribution >= 4 is 11.9 Å². The van der Waals surface area contributed by atoms with Gasteiger partial charge in [0.05, 0.1) is 10.8 Å². The molecule has 1 aliphatic carbocycles. The Morgan fingerprint density at radius 2 is 1.32 bits per heavy atom. The second kappa shape index (κ2) is 8.35. The maximum atomic E-state index is 12.1. The van der Waals surface area contributed by atoms with Gasteiger partial charge in [0.25, 0.3) is 0 Å². The van der Waals surface area contributed by atoms with Crippen molar-refractivity contribution in [3.05, 3.63) is 12.2 Å². The quantitative estimate of drug-likeness (QED) is 0.455. The summed E-state index contributed by atoms with van der Waals surface area (Å²) in [5.74, 6) is -1.89. The molecule has 0 fully saturated rings. The molecule has 1 aliphatic rings. The topological polar surface area (TPSA) is 74.6 Å². The third-order valence-electron chi connectivity index (χ3n) is 5.22. The van der Waals surface area contributed by atoms with Gasteiger partial charge in [0, 0.05) is 0 Å². The number of hydrogen-bond donors (Lipinski definition) is 2. The first-order valence-electron chi connectivity index (χ1n) is 8.58. The summed E-state index contributed by atoms with van der Waals surface area (Å²) >= 11 is 0. The van der Waals surface area contributed by atoms with Gasteiger partial charge in [0.15, 0.2) is 0 Å². The number of aliphatic carboxylic acids is 2. The van der Waals surface area contributed by atoms with Crippen LogP contribution in [0.1, 0.15) is 78.1 Å². The highest BCUT2D eigenvalue weighted by atomic mass is 16.4. The van der Waals surface area contributed by atoms with Crippen LogP contribution in [0, 0.1) is 10.8 Å².